The van der Waals surface area contributed by atoms with Crippen LogP contribution < -0.4 is 11.3 Å². The molecular formula is C22H20N2O. The lowest BCUT2D eigenvalue weighted by Crippen LogP contribution is -2.29. The molecule has 3 aromatic rings. The summed E-state index contributed by atoms with van der Waals surface area (Å²) >= 11 is 0. The zero-order valence-corrected chi connectivity index (χ0v) is 14.3. The van der Waals surface area contributed by atoms with Crippen LogP contribution in [0.4, 0.5) is 0 Å². The molecule has 0 bridgehead atoms. The smallest absolute Gasteiger partial charge is 0.264 e. The monoisotopic (exact) mass is 328 g/mol. The van der Waals surface area contributed by atoms with Gasteiger partial charge in [-0.3, -0.25) is 9.36 Å². The first kappa shape index (κ1) is 15.7. The van der Waals surface area contributed by atoms with Crippen LogP contribution in [0.25, 0.3) is 16.5 Å². The van der Waals surface area contributed by atoms with Gasteiger partial charge in [0, 0.05) is 23.0 Å². The molecule has 1 aliphatic carbocycles. The SMILES string of the molecule is C#Cc1ccc2c3c(c([C@H](C)N)n(-c4ccccc4)c(=O)c13)CCC2. The van der Waals surface area contributed by atoms with E-state index in [0.29, 0.717) is 10.9 Å². The van der Waals surface area contributed by atoms with Gasteiger partial charge < -0.3 is 5.73 Å². The van der Waals surface area contributed by atoms with E-state index in [9.17, 15) is 4.79 Å². The Balaban J connectivity index is 2.27. The second-order valence-electron chi connectivity index (χ2n) is 6.65. The fraction of sp³-hybridized carbons (Fsp3) is 0.227. The third-order valence-corrected chi connectivity index (χ3v) is 5.03. The van der Waals surface area contributed by atoms with Gasteiger partial charge in [0.05, 0.1) is 5.39 Å². The molecule has 124 valence electrons. The highest BCUT2D eigenvalue weighted by Gasteiger charge is 2.25. The first-order valence-corrected chi connectivity index (χ1v) is 8.64. The Morgan fingerprint density at radius 1 is 1.12 bits per heavy atom. The zero-order chi connectivity index (χ0) is 17.6. The number of rotatable bonds is 2. The molecule has 0 amide bonds. The molecule has 1 heterocycles. The molecule has 25 heavy (non-hydrogen) atoms. The van der Waals surface area contributed by atoms with Gasteiger partial charge in [0.2, 0.25) is 0 Å². The third-order valence-electron chi connectivity index (χ3n) is 5.03. The fourth-order valence-corrected chi connectivity index (χ4v) is 4.05. The number of terminal acetylenes is 1. The molecule has 3 heteroatoms. The molecule has 2 N–H and O–H groups in total. The molecule has 0 saturated heterocycles. The highest BCUT2D eigenvalue weighted by Crippen LogP contribution is 2.34. The highest BCUT2D eigenvalue weighted by atomic mass is 16.1. The van der Waals surface area contributed by atoms with Crippen molar-refractivity contribution in [2.75, 3.05) is 0 Å². The molecule has 0 fully saturated rings. The molecule has 1 aliphatic rings. The average Bonchev–Trinajstić information content (AvgIpc) is 2.64. The summed E-state index contributed by atoms with van der Waals surface area (Å²) in [6.45, 7) is 1.94. The van der Waals surface area contributed by atoms with Gasteiger partial charge in [-0.2, -0.15) is 0 Å². The van der Waals surface area contributed by atoms with Crippen molar-refractivity contribution < 1.29 is 0 Å². The van der Waals surface area contributed by atoms with E-state index in [1.54, 1.807) is 4.57 Å². The van der Waals surface area contributed by atoms with Gasteiger partial charge in [-0.15, -0.1) is 6.42 Å². The van der Waals surface area contributed by atoms with Crippen LogP contribution in [0.3, 0.4) is 0 Å². The van der Waals surface area contributed by atoms with E-state index in [0.717, 1.165) is 36.0 Å². The molecule has 2 aromatic carbocycles. The second-order valence-corrected chi connectivity index (χ2v) is 6.65. The van der Waals surface area contributed by atoms with Crippen LogP contribution in [-0.2, 0) is 12.8 Å². The minimum Gasteiger partial charge on any atom is -0.323 e. The van der Waals surface area contributed by atoms with Gasteiger partial charge >= 0.3 is 0 Å². The van der Waals surface area contributed by atoms with Crippen molar-refractivity contribution in [1.29, 1.82) is 0 Å². The number of hydrogen-bond donors (Lipinski definition) is 1. The van der Waals surface area contributed by atoms with Gasteiger partial charge in [-0.05, 0) is 60.9 Å². The Hall–Kier alpha value is -2.83. The number of nitrogens with two attached hydrogens (primary N) is 1. The Kier molecular flexibility index (Phi) is 3.71. The van der Waals surface area contributed by atoms with Gasteiger partial charge in [-0.1, -0.05) is 30.2 Å². The summed E-state index contributed by atoms with van der Waals surface area (Å²) < 4.78 is 1.76. The highest BCUT2D eigenvalue weighted by molar-refractivity contribution is 5.94. The maximum Gasteiger partial charge on any atom is 0.264 e. The maximum absolute atomic E-state index is 13.5. The molecule has 0 saturated carbocycles. The minimum atomic E-state index is -0.243. The maximum atomic E-state index is 13.5. The normalized spacial score (nSPS) is 14.3. The van der Waals surface area contributed by atoms with Crippen LogP contribution >= 0.6 is 0 Å². The number of aryl methyl sites for hydroxylation is 2. The number of benzene rings is 2. The van der Waals surface area contributed by atoms with Gasteiger partial charge in [-0.25, -0.2) is 0 Å². The Bertz CT molecular complexity index is 1070. The number of para-hydroxylation sites is 1. The molecule has 0 aliphatic heterocycles. The van der Waals surface area contributed by atoms with Gasteiger partial charge in [0.1, 0.15) is 0 Å². The molecule has 1 atom stereocenters. The van der Waals surface area contributed by atoms with E-state index in [1.165, 1.54) is 11.1 Å². The van der Waals surface area contributed by atoms with Crippen molar-refractivity contribution in [2.45, 2.75) is 32.2 Å². The summed E-state index contributed by atoms with van der Waals surface area (Å²) in [7, 11) is 0. The summed E-state index contributed by atoms with van der Waals surface area (Å²) in [5, 5.41) is 1.69. The van der Waals surface area contributed by atoms with E-state index >= 15 is 0 Å². The lowest BCUT2D eigenvalue weighted by atomic mass is 9.85. The van der Waals surface area contributed by atoms with E-state index in [1.807, 2.05) is 43.3 Å². The molecule has 0 radical (unpaired) electrons. The van der Waals surface area contributed by atoms with E-state index in [4.69, 9.17) is 12.2 Å². The summed E-state index contributed by atoms with van der Waals surface area (Å²) in [5.41, 5.74) is 11.0. The van der Waals surface area contributed by atoms with Crippen molar-refractivity contribution in [3.8, 4) is 18.0 Å². The molecule has 4 rings (SSSR count). The third kappa shape index (κ3) is 2.30. The predicted octanol–water partition coefficient (Wildman–Crippen LogP) is 3.48. The van der Waals surface area contributed by atoms with E-state index in [2.05, 4.69) is 12.0 Å². The van der Waals surface area contributed by atoms with Crippen LogP contribution in [0.1, 0.15) is 41.8 Å². The summed E-state index contributed by atoms with van der Waals surface area (Å²) in [6.07, 6.45) is 8.66. The van der Waals surface area contributed by atoms with Crippen molar-refractivity contribution >= 4 is 10.8 Å². The predicted molar refractivity (Wildman–Crippen MR) is 102 cm³/mol. The number of hydrogen-bond acceptors (Lipinski definition) is 2. The number of nitrogens with zero attached hydrogens (tertiary/aromatic N) is 1. The first-order valence-electron chi connectivity index (χ1n) is 8.64. The van der Waals surface area contributed by atoms with Crippen LogP contribution in [0.5, 0.6) is 0 Å². The quantitative estimate of drug-likeness (QED) is 0.732. The van der Waals surface area contributed by atoms with Crippen LogP contribution in [0.15, 0.2) is 47.3 Å². The topological polar surface area (TPSA) is 48.0 Å². The minimum absolute atomic E-state index is 0.0750. The molecule has 0 spiro atoms. The van der Waals surface area contributed by atoms with E-state index < -0.39 is 0 Å². The lowest BCUT2D eigenvalue weighted by Gasteiger charge is -2.26. The van der Waals surface area contributed by atoms with Crippen molar-refractivity contribution in [3.05, 3.63) is 75.2 Å². The first-order chi connectivity index (χ1) is 12.1. The van der Waals surface area contributed by atoms with Crippen LogP contribution in [0.2, 0.25) is 0 Å². The Morgan fingerprint density at radius 3 is 2.56 bits per heavy atom. The van der Waals surface area contributed by atoms with E-state index in [-0.39, 0.29) is 11.6 Å². The molecular weight excluding hydrogens is 308 g/mol. The average molecular weight is 328 g/mol. The zero-order valence-electron chi connectivity index (χ0n) is 14.3. The number of aromatic nitrogens is 1. The largest absolute Gasteiger partial charge is 0.323 e. The van der Waals surface area contributed by atoms with Gasteiger partial charge in [0.25, 0.3) is 5.56 Å². The summed E-state index contributed by atoms with van der Waals surface area (Å²) in [6, 6.07) is 13.4. The van der Waals surface area contributed by atoms with Crippen molar-refractivity contribution in [1.82, 2.24) is 4.57 Å². The van der Waals surface area contributed by atoms with Crippen LogP contribution in [-0.4, -0.2) is 4.57 Å². The van der Waals surface area contributed by atoms with Crippen molar-refractivity contribution in [3.63, 3.8) is 0 Å². The molecule has 1 aromatic heterocycles. The summed E-state index contributed by atoms with van der Waals surface area (Å²) in [5.74, 6) is 2.70. The summed E-state index contributed by atoms with van der Waals surface area (Å²) in [4.78, 5) is 13.5. The standard InChI is InChI=1S/C22H20N2O/c1-3-15-12-13-16-8-7-11-18-19(16)20(15)22(25)24(21(18)14(2)23)17-9-5-4-6-10-17/h1,4-6,9-10,12-14H,7-8,11,23H2,2H3/t14-/m0/s1. The Morgan fingerprint density at radius 2 is 1.88 bits per heavy atom. The van der Waals surface area contributed by atoms with Gasteiger partial charge in [0.15, 0.2) is 0 Å². The lowest BCUT2D eigenvalue weighted by molar-refractivity contribution is 0.695. The van der Waals surface area contributed by atoms with Crippen LogP contribution in [0, 0.1) is 12.3 Å². The number of pyridine rings is 1. The van der Waals surface area contributed by atoms with Crippen molar-refractivity contribution in [2.24, 2.45) is 5.73 Å². The fourth-order valence-electron chi connectivity index (χ4n) is 4.05. The Labute approximate surface area is 147 Å². The molecule has 3 nitrogen and oxygen atoms in total. The second kappa shape index (κ2) is 5.91. The molecule has 0 unspecified atom stereocenters.